The van der Waals surface area contributed by atoms with Crippen molar-refractivity contribution < 1.29 is 0 Å². The zero-order chi connectivity index (χ0) is 29.0. The zero-order valence-electron chi connectivity index (χ0n) is 23.8. The van der Waals surface area contributed by atoms with Gasteiger partial charge < -0.3 is 0 Å². The molecule has 0 aliphatic carbocycles. The Hall–Kier alpha value is -6.00. The highest BCUT2D eigenvalue weighted by Crippen LogP contribution is 2.43. The molecule has 2 aromatic heterocycles. The molecule has 2 heterocycles. The van der Waals surface area contributed by atoms with Crippen LogP contribution in [0.3, 0.4) is 0 Å². The third-order valence-corrected chi connectivity index (χ3v) is 8.71. The van der Waals surface area contributed by atoms with Gasteiger partial charge in [0.25, 0.3) is 0 Å². The Kier molecular flexibility index (Phi) is 5.47. The van der Waals surface area contributed by atoms with Crippen molar-refractivity contribution in [2.45, 2.75) is 0 Å². The van der Waals surface area contributed by atoms with Gasteiger partial charge in [-0.3, -0.25) is 9.13 Å². The van der Waals surface area contributed by atoms with Gasteiger partial charge in [-0.05, 0) is 92.3 Å². The summed E-state index contributed by atoms with van der Waals surface area (Å²) in [6, 6.07) is 51.8. The lowest BCUT2D eigenvalue weighted by molar-refractivity contribution is 1.09. The molecule has 0 N–H and O–H groups in total. The van der Waals surface area contributed by atoms with Gasteiger partial charge in [-0.25, -0.2) is 9.97 Å². The maximum Gasteiger partial charge on any atom is 0.100 e. The minimum absolute atomic E-state index is 0.996. The molecule has 9 aromatic rings. The smallest absolute Gasteiger partial charge is 0.100 e. The number of benzene rings is 7. The molecule has 9 rings (SSSR count). The van der Waals surface area contributed by atoms with Crippen LogP contribution in [0.2, 0.25) is 0 Å². The van der Waals surface area contributed by atoms with Crippen LogP contribution < -0.4 is 0 Å². The first-order valence-corrected chi connectivity index (χ1v) is 14.8. The molecule has 4 nitrogen and oxygen atoms in total. The fourth-order valence-electron chi connectivity index (χ4n) is 6.66. The van der Waals surface area contributed by atoms with Crippen molar-refractivity contribution in [3.8, 4) is 33.6 Å². The second-order valence-electron chi connectivity index (χ2n) is 11.1. The van der Waals surface area contributed by atoms with Crippen molar-refractivity contribution in [3.63, 3.8) is 0 Å². The highest BCUT2D eigenvalue weighted by Gasteiger charge is 2.17. The van der Waals surface area contributed by atoms with E-state index in [9.17, 15) is 0 Å². The summed E-state index contributed by atoms with van der Waals surface area (Å²) in [7, 11) is 0. The van der Waals surface area contributed by atoms with E-state index in [0.717, 1.165) is 33.4 Å². The maximum absolute atomic E-state index is 4.59. The van der Waals surface area contributed by atoms with Gasteiger partial charge in [0.2, 0.25) is 0 Å². The van der Waals surface area contributed by atoms with Gasteiger partial charge in [-0.1, -0.05) is 97.1 Å². The first-order valence-electron chi connectivity index (χ1n) is 14.8. The molecule has 0 saturated carbocycles. The molecule has 4 heteroatoms. The van der Waals surface area contributed by atoms with Crippen LogP contribution in [0, 0.1) is 0 Å². The number of aromatic nitrogens is 4. The van der Waals surface area contributed by atoms with Crippen molar-refractivity contribution in [2.75, 3.05) is 0 Å². The summed E-state index contributed by atoms with van der Waals surface area (Å²) in [6.07, 6.45) is 3.81. The van der Waals surface area contributed by atoms with Crippen LogP contribution >= 0.6 is 0 Å². The highest BCUT2D eigenvalue weighted by molar-refractivity contribution is 6.21. The van der Waals surface area contributed by atoms with Crippen molar-refractivity contribution in [1.82, 2.24) is 19.1 Å². The lowest BCUT2D eigenvalue weighted by Gasteiger charge is -2.18. The number of para-hydroxylation sites is 4. The lowest BCUT2D eigenvalue weighted by Crippen LogP contribution is -1.94. The van der Waals surface area contributed by atoms with Gasteiger partial charge in [0.15, 0.2) is 0 Å². The van der Waals surface area contributed by atoms with Crippen LogP contribution in [-0.2, 0) is 0 Å². The predicted octanol–water partition coefficient (Wildman–Crippen LogP) is 10.0. The largest absolute Gasteiger partial charge is 0.299 e. The van der Waals surface area contributed by atoms with Gasteiger partial charge in [0.05, 0.1) is 22.1 Å². The molecule has 0 aliphatic rings. The molecule has 44 heavy (non-hydrogen) atoms. The summed E-state index contributed by atoms with van der Waals surface area (Å²) >= 11 is 0. The van der Waals surface area contributed by atoms with E-state index in [4.69, 9.17) is 0 Å². The Morgan fingerprint density at radius 2 is 0.682 bits per heavy atom. The molecule has 0 fully saturated rings. The summed E-state index contributed by atoms with van der Waals surface area (Å²) < 4.78 is 4.30. The standard InChI is InChI=1S/C40H26N4/c1-2-10-32-31(9-1)39(27-17-21-29(22-18-27)43-25-41-35-13-5-7-15-37(35)43)33-11-3-4-12-34(33)40(32)28-19-23-30(24-20-28)44-26-42-36-14-6-8-16-38(36)44/h1-26H. The molecule has 0 atom stereocenters. The molecule has 7 aromatic carbocycles. The van der Waals surface area contributed by atoms with Gasteiger partial charge in [0, 0.05) is 11.4 Å². The quantitative estimate of drug-likeness (QED) is 0.200. The molecule has 0 amide bonds. The van der Waals surface area contributed by atoms with Gasteiger partial charge in [-0.15, -0.1) is 0 Å². The molecule has 0 bridgehead atoms. The van der Waals surface area contributed by atoms with Crippen LogP contribution in [-0.4, -0.2) is 19.1 Å². The van der Waals surface area contributed by atoms with E-state index in [1.807, 2.05) is 36.9 Å². The Labute approximate surface area is 254 Å². The molecular formula is C40H26N4. The predicted molar refractivity (Wildman–Crippen MR) is 182 cm³/mol. The van der Waals surface area contributed by atoms with Crippen molar-refractivity contribution in [2.24, 2.45) is 0 Å². The monoisotopic (exact) mass is 562 g/mol. The van der Waals surface area contributed by atoms with Crippen LogP contribution in [0.5, 0.6) is 0 Å². The Morgan fingerprint density at radius 1 is 0.341 bits per heavy atom. The summed E-state index contributed by atoms with van der Waals surface area (Å²) in [4.78, 5) is 9.18. The average Bonchev–Trinajstić information content (AvgIpc) is 3.72. The second kappa shape index (κ2) is 9.79. The molecular weight excluding hydrogens is 536 g/mol. The fourth-order valence-corrected chi connectivity index (χ4v) is 6.66. The first-order chi connectivity index (χ1) is 21.8. The molecule has 0 radical (unpaired) electrons. The Bertz CT molecular complexity index is 2250. The minimum atomic E-state index is 0.996. The van der Waals surface area contributed by atoms with Gasteiger partial charge >= 0.3 is 0 Å². The highest BCUT2D eigenvalue weighted by atomic mass is 15.1. The summed E-state index contributed by atoms with van der Waals surface area (Å²) in [5.41, 5.74) is 11.3. The topological polar surface area (TPSA) is 35.6 Å². The van der Waals surface area contributed by atoms with E-state index in [2.05, 4.69) is 140 Å². The SMILES string of the molecule is c1ccc2c(c1)ncn2-c1ccc(-c2c3ccccc3c(-c3ccc(-n4cnc5ccccc54)cc3)c3ccccc23)cc1. The lowest BCUT2D eigenvalue weighted by atomic mass is 9.86. The second-order valence-corrected chi connectivity index (χ2v) is 11.1. The van der Waals surface area contributed by atoms with Crippen molar-refractivity contribution in [3.05, 3.63) is 158 Å². The number of hydrogen-bond acceptors (Lipinski definition) is 2. The average molecular weight is 563 g/mol. The number of hydrogen-bond donors (Lipinski definition) is 0. The van der Waals surface area contributed by atoms with Crippen molar-refractivity contribution >= 4 is 43.6 Å². The van der Waals surface area contributed by atoms with E-state index >= 15 is 0 Å². The molecule has 206 valence electrons. The van der Waals surface area contributed by atoms with Gasteiger partial charge in [-0.2, -0.15) is 0 Å². The van der Waals surface area contributed by atoms with E-state index < -0.39 is 0 Å². The van der Waals surface area contributed by atoms with E-state index in [-0.39, 0.29) is 0 Å². The number of fused-ring (bicyclic) bond motifs is 4. The third kappa shape index (κ3) is 3.78. The van der Waals surface area contributed by atoms with E-state index in [1.54, 1.807) is 0 Å². The zero-order valence-corrected chi connectivity index (χ0v) is 23.8. The number of rotatable bonds is 4. The molecule has 0 unspecified atom stereocenters. The van der Waals surface area contributed by atoms with E-state index in [1.165, 1.54) is 43.8 Å². The fraction of sp³-hybridized carbons (Fsp3) is 0. The molecule has 0 saturated heterocycles. The summed E-state index contributed by atoms with van der Waals surface area (Å²) in [5, 5.41) is 4.97. The molecule has 0 aliphatic heterocycles. The van der Waals surface area contributed by atoms with E-state index in [0.29, 0.717) is 0 Å². The Balaban J connectivity index is 1.20. The normalized spacial score (nSPS) is 11.6. The third-order valence-electron chi connectivity index (χ3n) is 8.71. The molecule has 0 spiro atoms. The van der Waals surface area contributed by atoms with Gasteiger partial charge in [0.1, 0.15) is 12.7 Å². The minimum Gasteiger partial charge on any atom is -0.299 e. The van der Waals surface area contributed by atoms with Crippen LogP contribution in [0.4, 0.5) is 0 Å². The van der Waals surface area contributed by atoms with Crippen LogP contribution in [0.1, 0.15) is 0 Å². The summed E-state index contributed by atoms with van der Waals surface area (Å²) in [6.45, 7) is 0. The first kappa shape index (κ1) is 24.6. The number of nitrogens with zero attached hydrogens (tertiary/aromatic N) is 4. The van der Waals surface area contributed by atoms with Crippen molar-refractivity contribution in [1.29, 1.82) is 0 Å². The summed E-state index contributed by atoms with van der Waals surface area (Å²) in [5.74, 6) is 0. The van der Waals surface area contributed by atoms with Crippen LogP contribution in [0.25, 0.3) is 77.2 Å². The maximum atomic E-state index is 4.59. The number of imidazole rings is 2. The van der Waals surface area contributed by atoms with Crippen LogP contribution in [0.15, 0.2) is 158 Å². The Morgan fingerprint density at radius 3 is 1.07 bits per heavy atom.